The van der Waals surface area contributed by atoms with Crippen molar-refractivity contribution in [2.75, 3.05) is 0 Å². The third-order valence-electron chi connectivity index (χ3n) is 3.34. The van der Waals surface area contributed by atoms with Gasteiger partial charge in [0.15, 0.2) is 0 Å². The number of hydrogen-bond acceptors (Lipinski definition) is 5. The Labute approximate surface area is 110 Å². The molecule has 0 saturated heterocycles. The summed E-state index contributed by atoms with van der Waals surface area (Å²) in [6, 6.07) is 7.64. The van der Waals surface area contributed by atoms with Crippen molar-refractivity contribution in [1.82, 2.24) is 0 Å². The normalized spacial score (nSPS) is 22.7. The molecule has 1 atom stereocenters. The highest BCUT2D eigenvalue weighted by molar-refractivity contribution is 5.51. The maximum atomic E-state index is 9.40. The van der Waals surface area contributed by atoms with E-state index in [2.05, 4.69) is 6.07 Å². The molecule has 0 spiro atoms. The van der Waals surface area contributed by atoms with Gasteiger partial charge in [-0.05, 0) is 25.0 Å². The molecule has 0 amide bonds. The fourth-order valence-corrected chi connectivity index (χ4v) is 2.29. The first-order valence-corrected chi connectivity index (χ1v) is 6.01. The Hall–Kier alpha value is -2.66. The number of nitriles is 2. The SMILES string of the molecule is N#CC1=C(N)OC(C2CC2)=C(C#N)[C@H]1c1ccco1. The van der Waals surface area contributed by atoms with Crippen LogP contribution in [-0.4, -0.2) is 0 Å². The van der Waals surface area contributed by atoms with Crippen molar-refractivity contribution in [3.8, 4) is 12.1 Å². The zero-order valence-corrected chi connectivity index (χ0v) is 10.1. The summed E-state index contributed by atoms with van der Waals surface area (Å²) in [5.41, 5.74) is 6.47. The van der Waals surface area contributed by atoms with Crippen molar-refractivity contribution < 1.29 is 9.15 Å². The summed E-state index contributed by atoms with van der Waals surface area (Å²) in [4.78, 5) is 0. The van der Waals surface area contributed by atoms with Crippen LogP contribution < -0.4 is 5.73 Å². The molecule has 0 aromatic carbocycles. The summed E-state index contributed by atoms with van der Waals surface area (Å²) in [7, 11) is 0. The summed E-state index contributed by atoms with van der Waals surface area (Å²) in [6.07, 6.45) is 3.49. The molecule has 1 fully saturated rings. The number of furan rings is 1. The van der Waals surface area contributed by atoms with E-state index in [1.165, 1.54) is 6.26 Å². The van der Waals surface area contributed by atoms with E-state index in [1.54, 1.807) is 12.1 Å². The van der Waals surface area contributed by atoms with Crippen LogP contribution in [0.25, 0.3) is 0 Å². The van der Waals surface area contributed by atoms with E-state index in [-0.39, 0.29) is 17.4 Å². The van der Waals surface area contributed by atoms with Gasteiger partial charge in [-0.3, -0.25) is 0 Å². The van der Waals surface area contributed by atoms with E-state index in [0.29, 0.717) is 17.1 Å². The van der Waals surface area contributed by atoms with Gasteiger partial charge in [0.1, 0.15) is 23.2 Å². The van der Waals surface area contributed by atoms with Gasteiger partial charge < -0.3 is 14.9 Å². The molecule has 2 aliphatic rings. The summed E-state index contributed by atoms with van der Waals surface area (Å²) >= 11 is 0. The smallest absolute Gasteiger partial charge is 0.205 e. The predicted octanol–water partition coefficient (Wildman–Crippen LogP) is 2.27. The second kappa shape index (κ2) is 4.22. The molecule has 5 heteroatoms. The predicted molar refractivity (Wildman–Crippen MR) is 64.7 cm³/mol. The molecule has 2 heterocycles. The zero-order valence-electron chi connectivity index (χ0n) is 10.1. The molecule has 0 bridgehead atoms. The Morgan fingerprint density at radius 3 is 2.47 bits per heavy atom. The van der Waals surface area contributed by atoms with Crippen LogP contribution in [0.15, 0.2) is 45.6 Å². The van der Waals surface area contributed by atoms with Crippen LogP contribution in [-0.2, 0) is 4.74 Å². The second-order valence-electron chi connectivity index (χ2n) is 4.60. The van der Waals surface area contributed by atoms with Crippen LogP contribution in [0.1, 0.15) is 24.5 Å². The number of nitrogens with two attached hydrogens (primary N) is 1. The largest absolute Gasteiger partial charge is 0.468 e. The summed E-state index contributed by atoms with van der Waals surface area (Å²) in [5, 5.41) is 18.6. The minimum atomic E-state index is -0.547. The van der Waals surface area contributed by atoms with Gasteiger partial charge in [-0.25, -0.2) is 0 Å². The molecule has 94 valence electrons. The minimum Gasteiger partial charge on any atom is -0.468 e. The highest BCUT2D eigenvalue weighted by atomic mass is 16.5. The van der Waals surface area contributed by atoms with E-state index in [4.69, 9.17) is 14.9 Å². The number of hydrogen-bond donors (Lipinski definition) is 1. The van der Waals surface area contributed by atoms with Crippen LogP contribution in [0.4, 0.5) is 0 Å². The van der Waals surface area contributed by atoms with Gasteiger partial charge in [-0.2, -0.15) is 10.5 Å². The maximum absolute atomic E-state index is 9.40. The first kappa shape index (κ1) is 11.4. The Morgan fingerprint density at radius 1 is 1.21 bits per heavy atom. The van der Waals surface area contributed by atoms with Crippen molar-refractivity contribution in [1.29, 1.82) is 10.5 Å². The average molecular weight is 253 g/mol. The van der Waals surface area contributed by atoms with E-state index in [0.717, 1.165) is 12.8 Å². The molecule has 3 rings (SSSR count). The van der Waals surface area contributed by atoms with Crippen molar-refractivity contribution in [2.45, 2.75) is 18.8 Å². The molecule has 1 aromatic rings. The monoisotopic (exact) mass is 253 g/mol. The number of allylic oxidation sites excluding steroid dienone is 3. The number of nitrogens with zero attached hydrogens (tertiary/aromatic N) is 2. The lowest BCUT2D eigenvalue weighted by atomic mass is 9.86. The van der Waals surface area contributed by atoms with Crippen molar-refractivity contribution in [3.05, 3.63) is 46.9 Å². The van der Waals surface area contributed by atoms with Crippen LogP contribution in [0.3, 0.4) is 0 Å². The molecule has 1 aliphatic heterocycles. The first-order chi connectivity index (χ1) is 9.26. The van der Waals surface area contributed by atoms with Gasteiger partial charge in [0.25, 0.3) is 0 Å². The van der Waals surface area contributed by atoms with Gasteiger partial charge >= 0.3 is 0 Å². The zero-order chi connectivity index (χ0) is 13.4. The van der Waals surface area contributed by atoms with Gasteiger partial charge in [-0.1, -0.05) is 0 Å². The molecule has 0 unspecified atom stereocenters. The molecule has 1 aliphatic carbocycles. The molecule has 2 N–H and O–H groups in total. The molecular weight excluding hydrogens is 242 g/mol. The van der Waals surface area contributed by atoms with E-state index < -0.39 is 5.92 Å². The fourth-order valence-electron chi connectivity index (χ4n) is 2.29. The van der Waals surface area contributed by atoms with Crippen molar-refractivity contribution >= 4 is 0 Å². The van der Waals surface area contributed by atoms with E-state index in [9.17, 15) is 10.5 Å². The number of ether oxygens (including phenoxy) is 1. The van der Waals surface area contributed by atoms with Crippen LogP contribution >= 0.6 is 0 Å². The standard InChI is InChI=1S/C14H11N3O2/c15-6-9-12(11-2-1-5-18-11)10(7-16)14(17)19-13(9)8-3-4-8/h1-2,5,8,12H,3-4,17H2/t12-/m1/s1. The quantitative estimate of drug-likeness (QED) is 0.872. The van der Waals surface area contributed by atoms with Gasteiger partial charge in [0.2, 0.25) is 5.88 Å². The van der Waals surface area contributed by atoms with Crippen LogP contribution in [0.2, 0.25) is 0 Å². The number of rotatable bonds is 2. The maximum Gasteiger partial charge on any atom is 0.205 e. The first-order valence-electron chi connectivity index (χ1n) is 6.01. The third kappa shape index (κ3) is 1.76. The summed E-state index contributed by atoms with van der Waals surface area (Å²) in [6.45, 7) is 0. The Morgan fingerprint density at radius 2 is 1.95 bits per heavy atom. The summed E-state index contributed by atoms with van der Waals surface area (Å²) < 4.78 is 10.8. The molecular formula is C14H11N3O2. The molecule has 19 heavy (non-hydrogen) atoms. The van der Waals surface area contributed by atoms with Crippen LogP contribution in [0.5, 0.6) is 0 Å². The van der Waals surface area contributed by atoms with E-state index >= 15 is 0 Å². The van der Waals surface area contributed by atoms with Gasteiger partial charge in [0.05, 0.1) is 23.8 Å². The minimum absolute atomic E-state index is 0.0739. The lowest BCUT2D eigenvalue weighted by molar-refractivity contribution is 0.258. The third-order valence-corrected chi connectivity index (χ3v) is 3.34. The Bertz CT molecular complexity index is 652. The molecule has 5 nitrogen and oxygen atoms in total. The lowest BCUT2D eigenvalue weighted by Crippen LogP contribution is -2.20. The van der Waals surface area contributed by atoms with Crippen molar-refractivity contribution in [3.63, 3.8) is 0 Å². The topological polar surface area (TPSA) is 96.0 Å². The Kier molecular flexibility index (Phi) is 2.54. The highest BCUT2D eigenvalue weighted by Gasteiger charge is 2.40. The van der Waals surface area contributed by atoms with Gasteiger partial charge in [-0.15, -0.1) is 0 Å². The fraction of sp³-hybridized carbons (Fsp3) is 0.286. The molecule has 1 saturated carbocycles. The Balaban J connectivity index is 2.15. The molecule has 0 radical (unpaired) electrons. The van der Waals surface area contributed by atoms with Crippen LogP contribution in [0, 0.1) is 28.6 Å². The van der Waals surface area contributed by atoms with E-state index in [1.807, 2.05) is 6.07 Å². The van der Waals surface area contributed by atoms with Gasteiger partial charge in [0, 0.05) is 5.92 Å². The average Bonchev–Trinajstić information content (AvgIpc) is 3.12. The summed E-state index contributed by atoms with van der Waals surface area (Å²) in [5.74, 6) is 0.906. The lowest BCUT2D eigenvalue weighted by Gasteiger charge is -2.24. The molecule has 1 aromatic heterocycles. The highest BCUT2D eigenvalue weighted by Crippen LogP contribution is 2.47. The van der Waals surface area contributed by atoms with Crippen molar-refractivity contribution in [2.24, 2.45) is 11.7 Å². The second-order valence-corrected chi connectivity index (χ2v) is 4.60.